The molecule has 0 aliphatic rings. The van der Waals surface area contributed by atoms with Gasteiger partial charge in [-0.15, -0.1) is 17.3 Å². The van der Waals surface area contributed by atoms with E-state index in [1.54, 1.807) is 24.5 Å². The molecule has 0 aliphatic carbocycles. The van der Waals surface area contributed by atoms with Crippen molar-refractivity contribution in [3.05, 3.63) is 82.7 Å². The van der Waals surface area contributed by atoms with Crippen molar-refractivity contribution >= 4 is 43.9 Å². The third-order valence-corrected chi connectivity index (χ3v) is 7.64. The van der Waals surface area contributed by atoms with Crippen LogP contribution in [-0.2, 0) is 17.6 Å². The Labute approximate surface area is 229 Å². The lowest BCUT2D eigenvalue weighted by molar-refractivity contribution is 0.306. The first-order valence-electron chi connectivity index (χ1n) is 12.0. The molecule has 4 rings (SSSR count). The highest BCUT2D eigenvalue weighted by Gasteiger charge is 2.13. The molecule has 0 radical (unpaired) electrons. The Kier molecular flexibility index (Phi) is 9.02. The number of fused-ring (bicyclic) bond motifs is 1. The summed E-state index contributed by atoms with van der Waals surface area (Å²) in [6.45, 7) is 4.34. The van der Waals surface area contributed by atoms with E-state index in [0.29, 0.717) is 18.9 Å². The van der Waals surface area contributed by atoms with Gasteiger partial charge in [0.1, 0.15) is 29.2 Å². The van der Waals surface area contributed by atoms with Crippen molar-refractivity contribution < 1.29 is 8.95 Å². The second-order valence-electron chi connectivity index (χ2n) is 8.79. The highest BCUT2D eigenvalue weighted by Crippen LogP contribution is 2.37. The predicted octanol–water partition coefficient (Wildman–Crippen LogP) is 5.39. The lowest BCUT2D eigenvalue weighted by Crippen LogP contribution is -2.32. The van der Waals surface area contributed by atoms with E-state index in [-0.39, 0.29) is 5.92 Å². The molecule has 4 aromatic rings. The Bertz CT molecular complexity index is 1530. The van der Waals surface area contributed by atoms with Crippen LogP contribution in [0.1, 0.15) is 36.0 Å². The second-order valence-corrected chi connectivity index (χ2v) is 10.8. The van der Waals surface area contributed by atoms with Crippen LogP contribution in [0.3, 0.4) is 0 Å². The molecule has 0 fully saturated rings. The van der Waals surface area contributed by atoms with Gasteiger partial charge in [-0.3, -0.25) is 0 Å². The number of benzene rings is 3. The number of amidine groups is 1. The molecule has 38 heavy (non-hydrogen) atoms. The van der Waals surface area contributed by atoms with Crippen molar-refractivity contribution in [2.45, 2.75) is 32.8 Å². The number of anilines is 1. The van der Waals surface area contributed by atoms with Gasteiger partial charge in [0.15, 0.2) is 0 Å². The summed E-state index contributed by atoms with van der Waals surface area (Å²) < 4.78 is 22.0. The predicted molar refractivity (Wildman–Crippen MR) is 160 cm³/mol. The number of nitrogens with zero attached hydrogens (tertiary/aromatic N) is 1. The van der Waals surface area contributed by atoms with E-state index in [1.165, 1.54) is 10.1 Å². The highest BCUT2D eigenvalue weighted by molar-refractivity contribution is 7.85. The van der Waals surface area contributed by atoms with Crippen molar-refractivity contribution in [3.8, 4) is 28.7 Å². The summed E-state index contributed by atoms with van der Waals surface area (Å²) in [4.78, 5) is 0. The lowest BCUT2D eigenvalue weighted by atomic mass is 9.95. The minimum atomic E-state index is -1.13. The van der Waals surface area contributed by atoms with Crippen LogP contribution in [0.4, 0.5) is 5.69 Å². The van der Waals surface area contributed by atoms with Gasteiger partial charge in [-0.1, -0.05) is 30.2 Å². The Morgan fingerprint density at radius 3 is 2.61 bits per heavy atom. The van der Waals surface area contributed by atoms with Gasteiger partial charge in [0.25, 0.3) is 0 Å². The summed E-state index contributed by atoms with van der Waals surface area (Å²) in [6.07, 6.45) is 2.12. The number of aryl methyl sites for hydroxylation is 1. The molecule has 3 aromatic carbocycles. The zero-order valence-corrected chi connectivity index (χ0v) is 23.2. The normalized spacial score (nSPS) is 12.9. The molecule has 1 aromatic heterocycles. The van der Waals surface area contributed by atoms with Crippen LogP contribution in [0.2, 0.25) is 0 Å². The molecular formula is C29H31N5O2S2. The van der Waals surface area contributed by atoms with Gasteiger partial charge in [-0.2, -0.15) is 5.10 Å². The summed E-state index contributed by atoms with van der Waals surface area (Å²) in [5.41, 5.74) is 8.92. The highest BCUT2D eigenvalue weighted by atomic mass is 32.2. The maximum atomic E-state index is 11.7. The average molecular weight is 546 g/mol. The number of nitrogens with two attached hydrogens (primary N) is 2. The van der Waals surface area contributed by atoms with Crippen LogP contribution < -0.4 is 26.6 Å². The maximum Gasteiger partial charge on any atom is 0.137 e. The molecular weight excluding hydrogens is 514 g/mol. The van der Waals surface area contributed by atoms with Gasteiger partial charge in [0.05, 0.1) is 5.92 Å². The number of hydrazone groups is 1. The van der Waals surface area contributed by atoms with Crippen LogP contribution in [0, 0.1) is 18.8 Å². The van der Waals surface area contributed by atoms with Gasteiger partial charge < -0.3 is 20.7 Å². The average Bonchev–Trinajstić information content (AvgIpc) is 3.34. The maximum absolute atomic E-state index is 11.7. The number of ether oxygens (including phenoxy) is 1. The monoisotopic (exact) mass is 545 g/mol. The van der Waals surface area contributed by atoms with E-state index >= 15 is 0 Å². The molecule has 6 N–H and O–H groups in total. The molecule has 0 saturated carbocycles. The number of rotatable bonds is 9. The minimum absolute atomic E-state index is 0.0821. The minimum Gasteiger partial charge on any atom is -0.489 e. The lowest BCUT2D eigenvalue weighted by Gasteiger charge is -2.13. The second kappa shape index (κ2) is 12.6. The van der Waals surface area contributed by atoms with Gasteiger partial charge in [0, 0.05) is 34.0 Å². The van der Waals surface area contributed by atoms with Gasteiger partial charge in [0.2, 0.25) is 0 Å². The van der Waals surface area contributed by atoms with E-state index in [1.807, 2.05) is 30.3 Å². The first-order valence-corrected chi connectivity index (χ1v) is 14.4. The standard InChI is InChI=1S/C29H31N5O2S2/c1-4-5-22(15-29(32-30)33-31)21-8-11-24(12-9-21)36-17-20-7-13-28-26(14-20)27(18-37-28)25-16-23(34-38(3)35)10-6-19(25)2/h6-14,16,18,22,34H,15,17,30-31H2,1-3H3,(H,32,33). The van der Waals surface area contributed by atoms with E-state index < -0.39 is 11.0 Å². The molecule has 2 unspecified atom stereocenters. The molecule has 7 nitrogen and oxygen atoms in total. The third-order valence-electron chi connectivity index (χ3n) is 6.15. The first kappa shape index (κ1) is 27.2. The Morgan fingerprint density at radius 2 is 1.92 bits per heavy atom. The molecule has 2 atom stereocenters. The molecule has 1 heterocycles. The Balaban J connectivity index is 1.51. The van der Waals surface area contributed by atoms with Crippen molar-refractivity contribution in [1.29, 1.82) is 0 Å². The van der Waals surface area contributed by atoms with Crippen LogP contribution >= 0.6 is 11.3 Å². The van der Waals surface area contributed by atoms with Crippen molar-refractivity contribution in [2.75, 3.05) is 11.0 Å². The van der Waals surface area contributed by atoms with Crippen LogP contribution in [0.25, 0.3) is 21.2 Å². The largest absolute Gasteiger partial charge is 0.489 e. The molecule has 9 heteroatoms. The fourth-order valence-electron chi connectivity index (χ4n) is 4.25. The summed E-state index contributed by atoms with van der Waals surface area (Å²) in [5.74, 6) is 18.2. The quantitative estimate of drug-likeness (QED) is 0.0740. The fourth-order valence-corrected chi connectivity index (χ4v) is 5.65. The molecule has 0 spiro atoms. The van der Waals surface area contributed by atoms with E-state index in [4.69, 9.17) is 16.4 Å². The molecule has 0 bridgehead atoms. The summed E-state index contributed by atoms with van der Waals surface area (Å²) in [5, 5.41) is 7.03. The van der Waals surface area contributed by atoms with E-state index in [0.717, 1.165) is 39.3 Å². The fraction of sp³-hybridized carbons (Fsp3) is 0.207. The Morgan fingerprint density at radius 1 is 1.13 bits per heavy atom. The van der Waals surface area contributed by atoms with Gasteiger partial charge >= 0.3 is 0 Å². The summed E-state index contributed by atoms with van der Waals surface area (Å²) >= 11 is 1.72. The van der Waals surface area contributed by atoms with Crippen LogP contribution in [0.15, 0.2) is 71.1 Å². The third kappa shape index (κ3) is 6.53. The number of thiophene rings is 1. The van der Waals surface area contributed by atoms with Crippen LogP contribution in [-0.4, -0.2) is 16.3 Å². The van der Waals surface area contributed by atoms with Crippen molar-refractivity contribution in [3.63, 3.8) is 0 Å². The van der Waals surface area contributed by atoms with Crippen LogP contribution in [0.5, 0.6) is 5.75 Å². The summed E-state index contributed by atoms with van der Waals surface area (Å²) in [6, 6.07) is 20.4. The zero-order chi connectivity index (χ0) is 27.1. The topological polar surface area (TPSA) is 115 Å². The molecule has 0 aliphatic heterocycles. The van der Waals surface area contributed by atoms with E-state index in [2.05, 4.69) is 69.7 Å². The SMILES string of the molecule is CC#CC(C/C(=N/N)NN)c1ccc(OCc2ccc3scc(-c4cc(NS(C)=O)ccc4C)c3c2)cc1. The van der Waals surface area contributed by atoms with Gasteiger partial charge in [-0.05, 0) is 77.9 Å². The van der Waals surface area contributed by atoms with Crippen molar-refractivity contribution in [2.24, 2.45) is 16.8 Å². The summed E-state index contributed by atoms with van der Waals surface area (Å²) in [7, 11) is -1.13. The number of hydrogen-bond donors (Lipinski definition) is 4. The number of hydrazine groups is 1. The number of hydrogen-bond acceptors (Lipinski definition) is 6. The first-order chi connectivity index (χ1) is 18.4. The molecule has 0 amide bonds. The Hall–Kier alpha value is -3.84. The van der Waals surface area contributed by atoms with Gasteiger partial charge in [-0.25, -0.2) is 10.1 Å². The molecule has 196 valence electrons. The van der Waals surface area contributed by atoms with Crippen molar-refractivity contribution in [1.82, 2.24) is 5.43 Å². The zero-order valence-electron chi connectivity index (χ0n) is 21.6. The van der Waals surface area contributed by atoms with E-state index in [9.17, 15) is 4.21 Å². The number of nitrogens with one attached hydrogen (secondary N) is 2. The smallest absolute Gasteiger partial charge is 0.137 e. The molecule has 0 saturated heterocycles.